The summed E-state index contributed by atoms with van der Waals surface area (Å²) in [5.41, 5.74) is 3.90. The number of hydrogen-bond acceptors (Lipinski definition) is 4. The number of aryl methyl sites for hydroxylation is 1. The largest absolute Gasteiger partial charge is 0.481 e. The van der Waals surface area contributed by atoms with Crippen molar-refractivity contribution in [2.75, 3.05) is 11.5 Å². The number of aliphatic carboxylic acids is 1. The van der Waals surface area contributed by atoms with Gasteiger partial charge in [-0.25, -0.2) is 4.79 Å². The Hall–Kier alpha value is -3.82. The molecule has 5 rings (SSSR count). The van der Waals surface area contributed by atoms with Gasteiger partial charge in [-0.15, -0.1) is 0 Å². The number of amides is 1. The van der Waals surface area contributed by atoms with Gasteiger partial charge in [0.15, 0.2) is 0 Å². The number of carboxylic acids is 1. The van der Waals surface area contributed by atoms with Gasteiger partial charge in [-0.1, -0.05) is 48.5 Å². The van der Waals surface area contributed by atoms with E-state index in [-0.39, 0.29) is 23.9 Å². The number of carbonyl (C=O) groups is 2. The highest BCUT2D eigenvalue weighted by atomic mass is 19.4. The van der Waals surface area contributed by atoms with Crippen molar-refractivity contribution < 1.29 is 32.6 Å². The molecule has 0 spiro atoms. The molecule has 176 valence electrons. The number of alkyl halides is 3. The minimum absolute atomic E-state index is 0.0976. The number of carbonyl (C=O) groups excluding carboxylic acids is 1. The Labute approximate surface area is 192 Å². The molecule has 2 atom stereocenters. The maximum Gasteiger partial charge on any atom is 0.415 e. The molecule has 2 aliphatic rings. The highest BCUT2D eigenvalue weighted by Crippen LogP contribution is 2.45. The van der Waals surface area contributed by atoms with Crippen molar-refractivity contribution >= 4 is 17.7 Å². The summed E-state index contributed by atoms with van der Waals surface area (Å²) < 4.78 is 48.9. The normalized spacial score (nSPS) is 19.4. The van der Waals surface area contributed by atoms with Crippen LogP contribution in [0.2, 0.25) is 0 Å². The maximum absolute atomic E-state index is 14.1. The fourth-order valence-electron chi connectivity index (χ4n) is 5.01. The summed E-state index contributed by atoms with van der Waals surface area (Å²) in [6, 6.07) is 12.6. The number of rotatable bonds is 3. The molecule has 1 amide bonds. The Kier molecular flexibility index (Phi) is 5.11. The first-order valence-electron chi connectivity index (χ1n) is 10.6. The summed E-state index contributed by atoms with van der Waals surface area (Å²) in [5.74, 6) is -3.89. The molecule has 2 heterocycles. The Bertz CT molecular complexity index is 1240. The Balaban J connectivity index is 1.48. The van der Waals surface area contributed by atoms with E-state index in [1.807, 2.05) is 48.5 Å². The molecular weight excluding hydrogens is 451 g/mol. The van der Waals surface area contributed by atoms with E-state index >= 15 is 0 Å². The van der Waals surface area contributed by atoms with Gasteiger partial charge in [-0.2, -0.15) is 18.3 Å². The minimum atomic E-state index is -4.98. The number of ether oxygens (including phenoxy) is 1. The molecular formula is C24H20F3N3O4. The van der Waals surface area contributed by atoms with Crippen LogP contribution >= 0.6 is 0 Å². The molecule has 0 unspecified atom stereocenters. The third kappa shape index (κ3) is 3.41. The topological polar surface area (TPSA) is 84.7 Å². The molecule has 2 aromatic carbocycles. The molecule has 7 nitrogen and oxygen atoms in total. The lowest BCUT2D eigenvalue weighted by Gasteiger charge is -2.39. The quantitative estimate of drug-likeness (QED) is 0.614. The predicted molar refractivity (Wildman–Crippen MR) is 115 cm³/mol. The zero-order valence-electron chi connectivity index (χ0n) is 18.0. The number of carboxylic acid groups (broad SMARTS) is 1. The van der Waals surface area contributed by atoms with Crippen molar-refractivity contribution in [1.82, 2.24) is 9.78 Å². The lowest BCUT2D eigenvalue weighted by atomic mass is 9.88. The van der Waals surface area contributed by atoms with Crippen LogP contribution in [-0.4, -0.2) is 45.8 Å². The van der Waals surface area contributed by atoms with Crippen molar-refractivity contribution in [3.05, 3.63) is 71.5 Å². The van der Waals surface area contributed by atoms with Crippen LogP contribution in [0.25, 0.3) is 11.1 Å². The first kappa shape index (κ1) is 22.0. The van der Waals surface area contributed by atoms with Gasteiger partial charge < -0.3 is 9.84 Å². The van der Waals surface area contributed by atoms with Crippen LogP contribution in [0.4, 0.5) is 23.7 Å². The average molecular weight is 471 g/mol. The molecule has 0 radical (unpaired) electrons. The number of aromatic nitrogens is 2. The van der Waals surface area contributed by atoms with Gasteiger partial charge in [0, 0.05) is 19.4 Å². The van der Waals surface area contributed by atoms with Crippen LogP contribution < -0.4 is 4.90 Å². The molecule has 0 bridgehead atoms. The van der Waals surface area contributed by atoms with E-state index in [0.29, 0.717) is 4.90 Å². The highest BCUT2D eigenvalue weighted by Gasteiger charge is 2.57. The minimum Gasteiger partial charge on any atom is -0.481 e. The summed E-state index contributed by atoms with van der Waals surface area (Å²) in [4.78, 5) is 25.3. The second-order valence-electron chi connectivity index (χ2n) is 8.41. The Morgan fingerprint density at radius 1 is 1.09 bits per heavy atom. The van der Waals surface area contributed by atoms with Gasteiger partial charge in [0.1, 0.15) is 12.6 Å². The van der Waals surface area contributed by atoms with Gasteiger partial charge in [-0.3, -0.25) is 14.4 Å². The SMILES string of the molecule is Cn1ncc2c1C[C@H](C(=O)O)[C@@H](C(F)(F)F)N2C(=O)OCC1c2ccccc2-c2ccccc21. The monoisotopic (exact) mass is 471 g/mol. The smallest absolute Gasteiger partial charge is 0.415 e. The second kappa shape index (κ2) is 7.89. The Morgan fingerprint density at radius 3 is 2.24 bits per heavy atom. The van der Waals surface area contributed by atoms with Gasteiger partial charge in [0.05, 0.1) is 23.5 Å². The number of fused-ring (bicyclic) bond motifs is 4. The summed E-state index contributed by atoms with van der Waals surface area (Å²) in [6.07, 6.45) is -5.52. The molecule has 1 aliphatic carbocycles. The van der Waals surface area contributed by atoms with Crippen LogP contribution in [0.15, 0.2) is 54.7 Å². The van der Waals surface area contributed by atoms with Crippen molar-refractivity contribution in [3.63, 3.8) is 0 Å². The third-order valence-corrected chi connectivity index (χ3v) is 6.56. The Morgan fingerprint density at radius 2 is 1.68 bits per heavy atom. The number of hydrogen-bond donors (Lipinski definition) is 1. The second-order valence-corrected chi connectivity index (χ2v) is 8.41. The zero-order valence-corrected chi connectivity index (χ0v) is 18.0. The van der Waals surface area contributed by atoms with Crippen LogP contribution in [0.1, 0.15) is 22.7 Å². The van der Waals surface area contributed by atoms with Crippen LogP contribution in [0.3, 0.4) is 0 Å². The molecule has 1 aromatic heterocycles. The standard InChI is InChI=1S/C24H20F3N3O4/c1-29-19-10-17(22(31)32)21(24(25,26)27)30(20(19)11-28-29)23(33)34-12-18-15-8-4-2-6-13(15)14-7-3-5-9-16(14)18/h2-9,11,17-18,21H,10,12H2,1H3,(H,31,32)/t17-,21-/m0/s1. The number of halogens is 3. The molecule has 0 saturated carbocycles. The van der Waals surface area contributed by atoms with Gasteiger partial charge in [-0.05, 0) is 22.3 Å². The lowest BCUT2D eigenvalue weighted by Crippen LogP contribution is -2.58. The van der Waals surface area contributed by atoms with Crippen LogP contribution in [0, 0.1) is 5.92 Å². The third-order valence-electron chi connectivity index (χ3n) is 6.56. The number of anilines is 1. The lowest BCUT2D eigenvalue weighted by molar-refractivity contribution is -0.174. The molecule has 1 aliphatic heterocycles. The van der Waals surface area contributed by atoms with Crippen LogP contribution in [-0.2, 0) is 23.0 Å². The van der Waals surface area contributed by atoms with E-state index in [2.05, 4.69) is 5.10 Å². The van der Waals surface area contributed by atoms with E-state index in [4.69, 9.17) is 4.74 Å². The van der Waals surface area contributed by atoms with E-state index in [0.717, 1.165) is 28.5 Å². The molecule has 0 fully saturated rings. The average Bonchev–Trinajstić information content (AvgIpc) is 3.33. The highest BCUT2D eigenvalue weighted by molar-refractivity contribution is 5.92. The van der Waals surface area contributed by atoms with Crippen molar-refractivity contribution in [2.24, 2.45) is 13.0 Å². The van der Waals surface area contributed by atoms with E-state index in [1.54, 1.807) is 0 Å². The van der Waals surface area contributed by atoms with Crippen LogP contribution in [0.5, 0.6) is 0 Å². The predicted octanol–water partition coefficient (Wildman–Crippen LogP) is 4.36. The number of nitrogens with zero attached hydrogens (tertiary/aromatic N) is 3. The number of benzene rings is 2. The van der Waals surface area contributed by atoms with E-state index in [1.165, 1.54) is 11.7 Å². The van der Waals surface area contributed by atoms with Gasteiger partial charge >= 0.3 is 18.2 Å². The summed E-state index contributed by atoms with van der Waals surface area (Å²) in [7, 11) is 1.49. The summed E-state index contributed by atoms with van der Waals surface area (Å²) in [5, 5.41) is 13.5. The zero-order chi connectivity index (χ0) is 24.2. The summed E-state index contributed by atoms with van der Waals surface area (Å²) >= 11 is 0. The summed E-state index contributed by atoms with van der Waals surface area (Å²) in [6.45, 7) is -0.193. The maximum atomic E-state index is 14.1. The first-order valence-corrected chi connectivity index (χ1v) is 10.6. The first-order chi connectivity index (χ1) is 16.2. The van der Waals surface area contributed by atoms with Crippen molar-refractivity contribution in [1.29, 1.82) is 0 Å². The fourth-order valence-corrected chi connectivity index (χ4v) is 5.01. The molecule has 34 heavy (non-hydrogen) atoms. The van der Waals surface area contributed by atoms with Crippen molar-refractivity contribution in [2.45, 2.75) is 24.6 Å². The molecule has 1 N–H and O–H groups in total. The van der Waals surface area contributed by atoms with Gasteiger partial charge in [0.2, 0.25) is 0 Å². The van der Waals surface area contributed by atoms with Gasteiger partial charge in [0.25, 0.3) is 0 Å². The fraction of sp³-hybridized carbons (Fsp3) is 0.292. The molecule has 0 saturated heterocycles. The molecule has 3 aromatic rings. The van der Waals surface area contributed by atoms with E-state index in [9.17, 15) is 27.9 Å². The van der Waals surface area contributed by atoms with E-state index < -0.39 is 36.6 Å². The van der Waals surface area contributed by atoms with Crippen molar-refractivity contribution in [3.8, 4) is 11.1 Å². The molecule has 10 heteroatoms.